The third kappa shape index (κ3) is 6.51. The number of ether oxygens (including phenoxy) is 3. The van der Waals surface area contributed by atoms with Gasteiger partial charge in [0.05, 0.1) is 36.2 Å². The summed E-state index contributed by atoms with van der Waals surface area (Å²) in [5, 5.41) is 4.38. The zero-order valence-electron chi connectivity index (χ0n) is 23.0. The molecule has 6 rings (SSSR count). The highest BCUT2D eigenvalue weighted by molar-refractivity contribution is 7.99. The van der Waals surface area contributed by atoms with Crippen molar-refractivity contribution in [1.82, 2.24) is 24.9 Å². The van der Waals surface area contributed by atoms with Crippen LogP contribution in [0.15, 0.2) is 46.8 Å². The summed E-state index contributed by atoms with van der Waals surface area (Å²) in [5.74, 6) is 1.88. The van der Waals surface area contributed by atoms with Gasteiger partial charge < -0.3 is 30.2 Å². The highest BCUT2D eigenvalue weighted by atomic mass is 35.5. The fourth-order valence-electron chi connectivity index (χ4n) is 5.59. The quantitative estimate of drug-likeness (QED) is 0.378. The zero-order valence-corrected chi connectivity index (χ0v) is 24.6. The van der Waals surface area contributed by atoms with Crippen LogP contribution in [-0.2, 0) is 9.47 Å². The monoisotopic (exact) mass is 598 g/mol. The lowest BCUT2D eigenvalue weighted by Gasteiger charge is -2.41. The maximum absolute atomic E-state index is 6.73. The molecule has 3 aliphatic rings. The third-order valence-electron chi connectivity index (χ3n) is 8.16. The molecule has 6 heterocycles. The first-order valence-corrected chi connectivity index (χ1v) is 15.3. The Morgan fingerprint density at radius 1 is 1.12 bits per heavy atom. The normalized spacial score (nSPS) is 24.0. The molecular weight excluding hydrogens is 564 g/mol. The van der Waals surface area contributed by atoms with Gasteiger partial charge in [-0.05, 0) is 51.2 Å². The maximum atomic E-state index is 6.73. The second-order valence-corrected chi connectivity index (χ2v) is 12.3. The van der Waals surface area contributed by atoms with E-state index in [9.17, 15) is 0 Å². The number of hydrogen-bond acceptors (Lipinski definition) is 12. The Morgan fingerprint density at radius 3 is 2.71 bits per heavy atom. The molecule has 0 bridgehead atoms. The minimum atomic E-state index is 0.0766. The van der Waals surface area contributed by atoms with Crippen LogP contribution in [0.4, 0.5) is 17.5 Å². The van der Waals surface area contributed by atoms with Gasteiger partial charge in [0, 0.05) is 48.4 Å². The van der Waals surface area contributed by atoms with Gasteiger partial charge in [0.25, 0.3) is 0 Å². The molecule has 0 aliphatic carbocycles. The molecule has 3 fully saturated rings. The van der Waals surface area contributed by atoms with Gasteiger partial charge in [-0.25, -0.2) is 19.9 Å². The average molecular weight is 599 g/mol. The Hall–Kier alpha value is -2.77. The van der Waals surface area contributed by atoms with Crippen molar-refractivity contribution < 1.29 is 14.2 Å². The molecule has 3 aromatic rings. The summed E-state index contributed by atoms with van der Waals surface area (Å²) in [6.45, 7) is 5.79. The van der Waals surface area contributed by atoms with E-state index in [2.05, 4.69) is 37.1 Å². The number of nitrogens with one attached hydrogen (secondary N) is 1. The lowest BCUT2D eigenvalue weighted by molar-refractivity contribution is -0.0128. The van der Waals surface area contributed by atoms with Crippen LogP contribution in [0.5, 0.6) is 6.01 Å². The topological polar surface area (TPSA) is 133 Å². The molecule has 0 radical (unpaired) electrons. The Kier molecular flexibility index (Phi) is 8.73. The van der Waals surface area contributed by atoms with Crippen molar-refractivity contribution >= 4 is 40.8 Å². The Labute approximate surface area is 249 Å². The number of nitrogens with zero attached hydrogens (tertiary/aromatic N) is 6. The van der Waals surface area contributed by atoms with Crippen molar-refractivity contribution in [1.29, 1.82) is 0 Å². The molecule has 0 aromatic carbocycles. The van der Waals surface area contributed by atoms with Crippen LogP contribution in [0.3, 0.4) is 0 Å². The van der Waals surface area contributed by atoms with E-state index in [4.69, 9.17) is 36.5 Å². The number of aromatic nitrogens is 5. The summed E-state index contributed by atoms with van der Waals surface area (Å²) in [7, 11) is 0. The Balaban J connectivity index is 1.06. The number of rotatable bonds is 8. The summed E-state index contributed by atoms with van der Waals surface area (Å²) in [4.78, 5) is 25.5. The van der Waals surface area contributed by atoms with E-state index >= 15 is 0 Å². The SMILES string of the molecule is C[C@@H]1OCC2(CCN(c3cnc(Sc4ccnc(Nc5ccnc(OC[C@@H]6CCCCO6)n5)c4Cl)cn3)CC2)[C@@H]1N. The van der Waals surface area contributed by atoms with Gasteiger partial charge in [-0.1, -0.05) is 23.4 Å². The van der Waals surface area contributed by atoms with Gasteiger partial charge in [-0.3, -0.25) is 0 Å². The number of halogens is 1. The first-order chi connectivity index (χ1) is 20.0. The first-order valence-electron chi connectivity index (χ1n) is 14.1. The van der Waals surface area contributed by atoms with Gasteiger partial charge in [-0.15, -0.1) is 0 Å². The van der Waals surface area contributed by atoms with Crippen molar-refractivity contribution in [3.63, 3.8) is 0 Å². The highest BCUT2D eigenvalue weighted by Gasteiger charge is 2.47. The maximum Gasteiger partial charge on any atom is 0.318 e. The Morgan fingerprint density at radius 2 is 1.98 bits per heavy atom. The second kappa shape index (κ2) is 12.6. The van der Waals surface area contributed by atoms with Gasteiger partial charge in [0.15, 0.2) is 5.82 Å². The number of nitrogens with two attached hydrogens (primary N) is 1. The lowest BCUT2D eigenvalue weighted by atomic mass is 9.73. The van der Waals surface area contributed by atoms with E-state index in [-0.39, 0.29) is 29.7 Å². The lowest BCUT2D eigenvalue weighted by Crippen LogP contribution is -2.50. The molecule has 0 saturated carbocycles. The minimum Gasteiger partial charge on any atom is -0.461 e. The van der Waals surface area contributed by atoms with Crippen LogP contribution in [0, 0.1) is 5.41 Å². The Bertz CT molecular complexity index is 1320. The highest BCUT2D eigenvalue weighted by Crippen LogP contribution is 2.42. The van der Waals surface area contributed by atoms with Crippen molar-refractivity contribution in [3.05, 3.63) is 41.9 Å². The molecule has 218 valence electrons. The van der Waals surface area contributed by atoms with Crippen molar-refractivity contribution in [3.8, 4) is 6.01 Å². The molecule has 0 amide bonds. The number of pyridine rings is 1. The summed E-state index contributed by atoms with van der Waals surface area (Å²) in [5.41, 5.74) is 6.54. The van der Waals surface area contributed by atoms with Crippen molar-refractivity contribution in [2.45, 2.75) is 67.2 Å². The van der Waals surface area contributed by atoms with Crippen LogP contribution >= 0.6 is 23.4 Å². The molecule has 13 heteroatoms. The van der Waals surface area contributed by atoms with Gasteiger partial charge in [-0.2, -0.15) is 4.98 Å². The van der Waals surface area contributed by atoms with Crippen molar-refractivity contribution in [2.75, 3.05) is 43.1 Å². The molecule has 1 spiro atoms. The summed E-state index contributed by atoms with van der Waals surface area (Å²) < 4.78 is 17.3. The fraction of sp³-hybridized carbons (Fsp3) is 0.536. The third-order valence-corrected chi connectivity index (χ3v) is 9.64. The number of hydrogen-bond donors (Lipinski definition) is 2. The summed E-state index contributed by atoms with van der Waals surface area (Å²) >= 11 is 8.16. The van der Waals surface area contributed by atoms with E-state index in [1.54, 1.807) is 24.7 Å². The summed E-state index contributed by atoms with van der Waals surface area (Å²) in [6, 6.07) is 3.96. The average Bonchev–Trinajstić information content (AvgIpc) is 3.28. The predicted molar refractivity (Wildman–Crippen MR) is 157 cm³/mol. The van der Waals surface area contributed by atoms with Gasteiger partial charge in [0.2, 0.25) is 0 Å². The smallest absolute Gasteiger partial charge is 0.318 e. The van der Waals surface area contributed by atoms with Gasteiger partial charge in [0.1, 0.15) is 23.3 Å². The standard InChI is InChI=1S/C28H35ClN8O3S/c1-18-25(30)28(17-40-18)7-11-37(12-8-28)22-14-34-23(15-33-22)41-20-5-9-31-26(24(20)29)35-21-6-10-32-27(36-21)39-16-19-4-2-3-13-38-19/h5-6,9-10,14-15,18-19,25H,2-4,7-8,11-13,16-17,30H2,1H3,(H,31,32,35,36)/t18-,19-,25+/m0/s1. The first kappa shape index (κ1) is 28.4. The molecule has 11 nitrogen and oxygen atoms in total. The molecular formula is C28H35ClN8O3S. The largest absolute Gasteiger partial charge is 0.461 e. The molecule has 41 heavy (non-hydrogen) atoms. The van der Waals surface area contributed by atoms with E-state index in [0.29, 0.717) is 23.3 Å². The second-order valence-electron chi connectivity index (χ2n) is 10.8. The van der Waals surface area contributed by atoms with Crippen molar-refractivity contribution in [2.24, 2.45) is 11.1 Å². The fourth-order valence-corrected chi connectivity index (χ4v) is 6.62. The molecule has 3 saturated heterocycles. The number of anilines is 3. The number of piperidine rings is 1. The van der Waals surface area contributed by atoms with E-state index < -0.39 is 0 Å². The molecule has 3 atom stereocenters. The van der Waals surface area contributed by atoms with E-state index in [1.165, 1.54) is 11.8 Å². The summed E-state index contributed by atoms with van der Waals surface area (Å²) in [6.07, 6.45) is 12.3. The molecule has 3 aromatic heterocycles. The van der Waals surface area contributed by atoms with Crippen LogP contribution in [0.1, 0.15) is 39.0 Å². The van der Waals surface area contributed by atoms with E-state index in [0.717, 1.165) is 74.1 Å². The van der Waals surface area contributed by atoms with E-state index in [1.807, 2.05) is 12.3 Å². The van der Waals surface area contributed by atoms with Gasteiger partial charge >= 0.3 is 6.01 Å². The minimum absolute atomic E-state index is 0.0766. The molecule has 3 aliphatic heterocycles. The molecule has 3 N–H and O–H groups in total. The van der Waals surface area contributed by atoms with Crippen LogP contribution < -0.4 is 20.7 Å². The van der Waals surface area contributed by atoms with Crippen LogP contribution in [-0.4, -0.2) is 76.1 Å². The molecule has 0 unspecified atom stereocenters. The van der Waals surface area contributed by atoms with Crippen LogP contribution in [0.2, 0.25) is 5.02 Å². The predicted octanol–water partition coefficient (Wildman–Crippen LogP) is 4.49. The van der Waals surface area contributed by atoms with Crippen LogP contribution in [0.25, 0.3) is 0 Å². The zero-order chi connectivity index (χ0) is 28.2.